The lowest BCUT2D eigenvalue weighted by molar-refractivity contribution is 0.488. The van der Waals surface area contributed by atoms with Crippen molar-refractivity contribution in [2.24, 2.45) is 0 Å². The van der Waals surface area contributed by atoms with Crippen LogP contribution in [0.4, 0.5) is 0 Å². The Morgan fingerprint density at radius 2 is 0.600 bits per heavy atom. The van der Waals surface area contributed by atoms with Crippen LogP contribution < -0.4 is 0 Å². The van der Waals surface area contributed by atoms with Crippen LogP contribution in [0.2, 0.25) is 0 Å². The Bertz CT molecular complexity index is 4920. The Morgan fingerprint density at radius 3 is 1.00 bits per heavy atom. The van der Waals surface area contributed by atoms with Crippen molar-refractivity contribution in [3.63, 3.8) is 0 Å². The Balaban J connectivity index is 0.866. The first-order valence-electron chi connectivity index (χ1n) is 40.2. The molecule has 7 aromatic heterocycles. The smallest absolute Gasteiger partial charge is 0.122 e. The molecule has 2 aliphatic rings. The molecule has 0 spiro atoms. The summed E-state index contributed by atoms with van der Waals surface area (Å²) < 4.78 is 0. The van der Waals surface area contributed by atoms with Crippen molar-refractivity contribution in [3.8, 4) is 71.0 Å². The van der Waals surface area contributed by atoms with E-state index in [0.29, 0.717) is 0 Å². The van der Waals surface area contributed by atoms with Gasteiger partial charge >= 0.3 is 0 Å². The molecule has 0 fully saturated rings. The molecular formula is C96H105N3S6. The molecule has 0 unspecified atom stereocenters. The van der Waals surface area contributed by atoms with Crippen LogP contribution in [0.25, 0.3) is 82.1 Å². The number of rotatable bonds is 36. The van der Waals surface area contributed by atoms with E-state index >= 15 is 0 Å². The minimum absolute atomic E-state index is 0.520. The quantitative estimate of drug-likeness (QED) is 0.0367. The van der Waals surface area contributed by atoms with Crippen LogP contribution >= 0.6 is 68.0 Å². The number of aromatic nitrogens is 3. The molecule has 15 rings (SSSR count). The fourth-order valence-electron chi connectivity index (χ4n) is 17.1. The van der Waals surface area contributed by atoms with Gasteiger partial charge in [0.25, 0.3) is 0 Å². The molecule has 0 amide bonds. The fraction of sp³-hybridized carbons (Fsp3) is 0.375. The molecule has 0 N–H and O–H groups in total. The predicted octanol–water partition coefficient (Wildman–Crippen LogP) is 30.3. The van der Waals surface area contributed by atoms with Gasteiger partial charge in [0.15, 0.2) is 0 Å². The standard InChI is InChI=1S/C96H105N3S6/c1-8-13-18-23-24-29-60-99-97-91-75(83-54-56-86(102-83)85-53-34-65(6)100-85)51-52-76(92(91)98-99)84-55-57-87(103-84)88-58-59-89(104-88)90-64-82-94(105-90)78-63-79-77(62-80(78)96(82,73-47-39-69(40-48-73)32-27-21-16-11-4)74-49-41-70(42-50-74)33-28-22-17-12-5)93-81(61-66(7)101-93)95(79,71-43-35-67(36-44-71)30-25-19-14-9-2)72-45-37-68(38-46-72)31-26-20-15-10-3/h34-59,61-64H,8-33,60H2,1-7H3. The molecule has 13 aromatic rings. The Morgan fingerprint density at radius 1 is 0.267 bits per heavy atom. The van der Waals surface area contributed by atoms with Crippen molar-refractivity contribution in [2.75, 3.05) is 0 Å². The van der Waals surface area contributed by atoms with Crippen LogP contribution in [0.3, 0.4) is 0 Å². The Kier molecular flexibility index (Phi) is 23.5. The second kappa shape index (κ2) is 33.6. The number of hydrogen-bond acceptors (Lipinski definition) is 8. The average Bonchev–Trinajstić information content (AvgIpc) is 1.50. The minimum Gasteiger partial charge on any atom is -0.184 e. The molecule has 0 aliphatic heterocycles. The van der Waals surface area contributed by atoms with E-state index in [4.69, 9.17) is 10.2 Å². The molecule has 0 saturated heterocycles. The second-order valence-corrected chi connectivity index (χ2v) is 37.1. The zero-order valence-corrected chi connectivity index (χ0v) is 68.1. The van der Waals surface area contributed by atoms with Gasteiger partial charge in [-0.05, 0) is 222 Å². The fourth-order valence-corrected chi connectivity index (χ4v) is 23.7. The molecule has 0 radical (unpaired) electrons. The maximum absolute atomic E-state index is 5.37. The highest BCUT2D eigenvalue weighted by molar-refractivity contribution is 7.28. The third-order valence-electron chi connectivity index (χ3n) is 22.8. The summed E-state index contributed by atoms with van der Waals surface area (Å²) in [6.07, 6.45) is 32.1. The second-order valence-electron chi connectivity index (χ2n) is 30.3. The first-order chi connectivity index (χ1) is 51.6. The van der Waals surface area contributed by atoms with Crippen LogP contribution in [0.15, 0.2) is 182 Å². The van der Waals surface area contributed by atoms with E-state index < -0.39 is 10.8 Å². The van der Waals surface area contributed by atoms with Gasteiger partial charge in [0.05, 0.1) is 17.4 Å². The number of aryl methyl sites for hydroxylation is 7. The van der Waals surface area contributed by atoms with E-state index in [1.54, 1.807) is 0 Å². The maximum atomic E-state index is 5.37. The number of unbranched alkanes of at least 4 members (excludes halogenated alkanes) is 17. The maximum Gasteiger partial charge on any atom is 0.122 e. The number of fused-ring (bicyclic) bond motifs is 7. The SMILES string of the molecule is CCCCCCCCn1nc2c(-c3ccc(-c4ccc(C)s4)s3)ccc(-c3ccc(-c4ccc(-c5cc6c(s5)-c5cc7c(cc5C6(c5ccc(CCCCCC)cc5)c5ccc(CCCCCC)cc5)-c5sc(C)cc5C7(c5ccc(CCCCCC)cc5)c5ccc(CCCCCC)cc5)s4)s3)c2n1. The average molecular weight is 1490 g/mol. The molecule has 2 aliphatic carbocycles. The van der Waals surface area contributed by atoms with Crippen LogP contribution in [0.5, 0.6) is 0 Å². The van der Waals surface area contributed by atoms with Crippen molar-refractivity contribution in [3.05, 3.63) is 259 Å². The number of hydrogen-bond donors (Lipinski definition) is 0. The number of thiophene rings is 6. The van der Waals surface area contributed by atoms with Gasteiger partial charge < -0.3 is 0 Å². The number of benzene rings is 6. The van der Waals surface area contributed by atoms with Gasteiger partial charge in [-0.25, -0.2) is 0 Å². The molecule has 6 aromatic carbocycles. The third kappa shape index (κ3) is 14.9. The Labute approximate surface area is 651 Å². The minimum atomic E-state index is -0.582. The van der Waals surface area contributed by atoms with E-state index in [1.165, 1.54) is 271 Å². The highest BCUT2D eigenvalue weighted by Gasteiger charge is 2.53. The predicted molar refractivity (Wildman–Crippen MR) is 461 cm³/mol. The van der Waals surface area contributed by atoms with Gasteiger partial charge in [-0.1, -0.05) is 253 Å². The topological polar surface area (TPSA) is 30.7 Å². The van der Waals surface area contributed by atoms with Gasteiger partial charge in [0.1, 0.15) is 11.0 Å². The van der Waals surface area contributed by atoms with Gasteiger partial charge in [-0.2, -0.15) is 15.0 Å². The summed E-state index contributed by atoms with van der Waals surface area (Å²) >= 11 is 11.6. The number of nitrogens with zero attached hydrogens (tertiary/aromatic N) is 3. The monoisotopic (exact) mass is 1490 g/mol. The first kappa shape index (κ1) is 73.4. The molecule has 3 nitrogen and oxygen atoms in total. The highest BCUT2D eigenvalue weighted by atomic mass is 32.1. The zero-order chi connectivity index (χ0) is 71.9. The van der Waals surface area contributed by atoms with E-state index in [9.17, 15) is 0 Å². The summed E-state index contributed by atoms with van der Waals surface area (Å²) in [7, 11) is 0. The molecule has 7 heterocycles. The molecule has 0 bridgehead atoms. The van der Waals surface area contributed by atoms with Gasteiger partial charge in [-0.3, -0.25) is 0 Å². The summed E-state index contributed by atoms with van der Waals surface area (Å²) in [5, 5.41) is 10.7. The van der Waals surface area contributed by atoms with Crippen molar-refractivity contribution in [2.45, 2.75) is 233 Å². The molecule has 0 atom stereocenters. The lowest BCUT2D eigenvalue weighted by Crippen LogP contribution is -2.30. The lowest BCUT2D eigenvalue weighted by atomic mass is 9.65. The van der Waals surface area contributed by atoms with Crippen molar-refractivity contribution in [1.29, 1.82) is 0 Å². The van der Waals surface area contributed by atoms with Gasteiger partial charge in [0, 0.05) is 69.7 Å². The largest absolute Gasteiger partial charge is 0.184 e. The molecule has 540 valence electrons. The molecule has 9 heteroatoms. The lowest BCUT2D eigenvalue weighted by Gasteiger charge is -2.35. The van der Waals surface area contributed by atoms with E-state index in [2.05, 4.69) is 230 Å². The summed E-state index contributed by atoms with van der Waals surface area (Å²) in [4.78, 5) is 17.8. The van der Waals surface area contributed by atoms with Crippen LogP contribution in [-0.2, 0) is 43.1 Å². The summed E-state index contributed by atoms with van der Waals surface area (Å²) in [6.45, 7) is 16.9. The normalized spacial score (nSPS) is 13.3. The third-order valence-corrected chi connectivity index (χ3v) is 29.9. The van der Waals surface area contributed by atoms with Crippen molar-refractivity contribution < 1.29 is 0 Å². The van der Waals surface area contributed by atoms with E-state index in [1.807, 2.05) is 72.8 Å². The molecule has 105 heavy (non-hydrogen) atoms. The molecular weight excluding hydrogens is 1390 g/mol. The van der Waals surface area contributed by atoms with E-state index in [-0.39, 0.29) is 0 Å². The zero-order valence-electron chi connectivity index (χ0n) is 63.2. The van der Waals surface area contributed by atoms with Crippen LogP contribution in [-0.4, -0.2) is 15.0 Å². The molecule has 0 saturated carbocycles. The summed E-state index contributed by atoms with van der Waals surface area (Å²) in [6, 6.07) is 74.0. The van der Waals surface area contributed by atoms with Crippen molar-refractivity contribution in [1.82, 2.24) is 15.0 Å². The van der Waals surface area contributed by atoms with Crippen LogP contribution in [0.1, 0.15) is 252 Å². The Hall–Kier alpha value is -7.08. The highest BCUT2D eigenvalue weighted by Crippen LogP contribution is 2.66. The van der Waals surface area contributed by atoms with Gasteiger partial charge in [0.2, 0.25) is 0 Å². The van der Waals surface area contributed by atoms with Gasteiger partial charge in [-0.15, -0.1) is 68.0 Å². The van der Waals surface area contributed by atoms with Crippen molar-refractivity contribution >= 4 is 79.1 Å². The van der Waals surface area contributed by atoms with Crippen LogP contribution in [0, 0.1) is 13.8 Å². The summed E-state index contributed by atoms with van der Waals surface area (Å²) in [5.41, 5.74) is 22.8. The summed E-state index contributed by atoms with van der Waals surface area (Å²) in [5.74, 6) is 0. The van der Waals surface area contributed by atoms with E-state index in [0.717, 1.165) is 60.8 Å². The first-order valence-corrected chi connectivity index (χ1v) is 45.1.